The van der Waals surface area contributed by atoms with Gasteiger partial charge in [0.15, 0.2) is 0 Å². The molecule has 0 amide bonds. The Morgan fingerprint density at radius 1 is 0.414 bits per heavy atom. The first-order valence-corrected chi connectivity index (χ1v) is 10.8. The zero-order valence-corrected chi connectivity index (χ0v) is 18.0. The summed E-state index contributed by atoms with van der Waals surface area (Å²) in [7, 11) is 0. The summed E-state index contributed by atoms with van der Waals surface area (Å²) in [5.74, 6) is 0. The van der Waals surface area contributed by atoms with Crippen LogP contribution in [0, 0.1) is 3.57 Å². The van der Waals surface area contributed by atoms with E-state index in [9.17, 15) is 0 Å². The Balaban J connectivity index is 1.58. The minimum absolute atomic E-state index is 1.24. The van der Waals surface area contributed by atoms with Gasteiger partial charge in [0.2, 0.25) is 0 Å². The number of hydrogen-bond donors (Lipinski definition) is 0. The maximum Gasteiger partial charge on any atom is 0.0142 e. The summed E-state index contributed by atoms with van der Waals surface area (Å²) in [5, 5.41) is 2.57. The van der Waals surface area contributed by atoms with Crippen molar-refractivity contribution in [2.45, 2.75) is 0 Å². The molecule has 0 N–H and O–H groups in total. The molecule has 0 aliphatic heterocycles. The number of benzene rings is 5. The fourth-order valence-electron chi connectivity index (χ4n) is 3.87. The molecule has 0 spiro atoms. The van der Waals surface area contributed by atoms with E-state index in [0.29, 0.717) is 0 Å². The third-order valence-corrected chi connectivity index (χ3v) is 5.95. The average molecular weight is 482 g/mol. The fourth-order valence-corrected chi connectivity index (χ4v) is 4.55. The van der Waals surface area contributed by atoms with Crippen molar-refractivity contribution in [2.24, 2.45) is 0 Å². The number of fused-ring (bicyclic) bond motifs is 1. The number of halogens is 1. The summed E-state index contributed by atoms with van der Waals surface area (Å²) < 4.78 is 1.25. The molecular weight excluding hydrogens is 463 g/mol. The Hall–Kier alpha value is -2.91. The average Bonchev–Trinajstić information content (AvgIpc) is 2.79. The molecule has 0 atom stereocenters. The lowest BCUT2D eigenvalue weighted by atomic mass is 9.94. The van der Waals surface area contributed by atoms with Crippen LogP contribution in [0.5, 0.6) is 0 Å². The van der Waals surface area contributed by atoms with Gasteiger partial charge in [0.25, 0.3) is 0 Å². The van der Waals surface area contributed by atoms with Crippen LogP contribution < -0.4 is 0 Å². The van der Waals surface area contributed by atoms with E-state index in [-0.39, 0.29) is 0 Å². The molecule has 29 heavy (non-hydrogen) atoms. The van der Waals surface area contributed by atoms with E-state index < -0.39 is 0 Å². The molecular formula is C28H19I. The van der Waals surface area contributed by atoms with E-state index in [1.54, 1.807) is 0 Å². The van der Waals surface area contributed by atoms with Gasteiger partial charge in [-0.1, -0.05) is 97.1 Å². The number of hydrogen-bond acceptors (Lipinski definition) is 0. The Kier molecular flexibility index (Phi) is 4.91. The first kappa shape index (κ1) is 18.1. The molecule has 0 nitrogen and oxygen atoms in total. The van der Waals surface area contributed by atoms with Crippen LogP contribution in [0.4, 0.5) is 0 Å². The highest BCUT2D eigenvalue weighted by Crippen LogP contribution is 2.34. The van der Waals surface area contributed by atoms with Gasteiger partial charge in [-0.3, -0.25) is 0 Å². The molecule has 0 heterocycles. The lowest BCUT2D eigenvalue weighted by Crippen LogP contribution is -1.86. The molecule has 0 unspecified atom stereocenters. The van der Waals surface area contributed by atoms with Crippen molar-refractivity contribution in [3.8, 4) is 33.4 Å². The predicted octanol–water partition coefficient (Wildman–Crippen LogP) is 8.45. The normalized spacial score (nSPS) is 10.9. The van der Waals surface area contributed by atoms with Crippen molar-refractivity contribution >= 4 is 33.4 Å². The smallest absolute Gasteiger partial charge is 0.0142 e. The van der Waals surface area contributed by atoms with Crippen LogP contribution in [0.2, 0.25) is 0 Å². The van der Waals surface area contributed by atoms with Crippen LogP contribution in [0.25, 0.3) is 44.2 Å². The Labute approximate surface area is 185 Å². The molecule has 0 fully saturated rings. The van der Waals surface area contributed by atoms with Crippen LogP contribution in [0.1, 0.15) is 0 Å². The van der Waals surface area contributed by atoms with Crippen molar-refractivity contribution in [1.82, 2.24) is 0 Å². The van der Waals surface area contributed by atoms with Crippen LogP contribution in [-0.2, 0) is 0 Å². The van der Waals surface area contributed by atoms with Crippen LogP contribution in [-0.4, -0.2) is 0 Å². The molecule has 0 aliphatic rings. The Morgan fingerprint density at radius 3 is 1.79 bits per heavy atom. The molecule has 138 valence electrons. The molecule has 0 radical (unpaired) electrons. The summed E-state index contributed by atoms with van der Waals surface area (Å²) in [5.41, 5.74) is 7.52. The SMILES string of the molecule is Ic1cc(-c2ccc(-c3ccccc3)cc2)cc(-c2cccc3ccccc23)c1. The number of rotatable bonds is 3. The molecule has 0 aromatic heterocycles. The molecule has 5 aromatic rings. The van der Waals surface area contributed by atoms with E-state index in [1.807, 2.05) is 0 Å². The highest BCUT2D eigenvalue weighted by Gasteiger charge is 2.08. The highest BCUT2D eigenvalue weighted by molar-refractivity contribution is 14.1. The standard InChI is InChI=1S/C28H19I/c29-26-18-24(22-15-13-21(14-16-22)20-7-2-1-3-8-20)17-25(19-26)28-12-6-10-23-9-4-5-11-27(23)28/h1-19H. The first-order chi connectivity index (χ1) is 14.3. The minimum Gasteiger partial charge on any atom is -0.0622 e. The van der Waals surface area contributed by atoms with Crippen molar-refractivity contribution in [1.29, 1.82) is 0 Å². The lowest BCUT2D eigenvalue weighted by molar-refractivity contribution is 1.56. The minimum atomic E-state index is 1.24. The summed E-state index contributed by atoms with van der Waals surface area (Å²) in [6.07, 6.45) is 0. The van der Waals surface area contributed by atoms with Crippen LogP contribution in [0.15, 0.2) is 115 Å². The maximum absolute atomic E-state index is 2.42. The van der Waals surface area contributed by atoms with Gasteiger partial charge in [0.05, 0.1) is 0 Å². The van der Waals surface area contributed by atoms with E-state index in [1.165, 1.54) is 47.7 Å². The molecule has 1 heteroatoms. The van der Waals surface area contributed by atoms with E-state index in [0.717, 1.165) is 0 Å². The van der Waals surface area contributed by atoms with Crippen molar-refractivity contribution in [3.63, 3.8) is 0 Å². The zero-order chi connectivity index (χ0) is 19.6. The Morgan fingerprint density at radius 2 is 1.00 bits per heavy atom. The lowest BCUT2D eigenvalue weighted by Gasteiger charge is -2.11. The van der Waals surface area contributed by atoms with Gasteiger partial charge in [-0.15, -0.1) is 0 Å². The van der Waals surface area contributed by atoms with E-state index >= 15 is 0 Å². The van der Waals surface area contributed by atoms with Gasteiger partial charge in [0.1, 0.15) is 0 Å². The third kappa shape index (κ3) is 3.70. The summed E-state index contributed by atoms with van der Waals surface area (Å²) in [4.78, 5) is 0. The van der Waals surface area contributed by atoms with E-state index in [2.05, 4.69) is 138 Å². The monoisotopic (exact) mass is 482 g/mol. The van der Waals surface area contributed by atoms with Gasteiger partial charge in [0, 0.05) is 3.57 Å². The summed E-state index contributed by atoms with van der Waals surface area (Å²) in [6.45, 7) is 0. The predicted molar refractivity (Wildman–Crippen MR) is 133 cm³/mol. The molecule has 0 aliphatic carbocycles. The van der Waals surface area contributed by atoms with Crippen molar-refractivity contribution < 1.29 is 0 Å². The Bertz CT molecular complexity index is 1280. The van der Waals surface area contributed by atoms with Crippen molar-refractivity contribution in [3.05, 3.63) is 119 Å². The topological polar surface area (TPSA) is 0 Å². The molecule has 5 aromatic carbocycles. The van der Waals surface area contributed by atoms with Gasteiger partial charge < -0.3 is 0 Å². The van der Waals surface area contributed by atoms with Crippen LogP contribution in [0.3, 0.4) is 0 Å². The first-order valence-electron chi connectivity index (χ1n) is 9.72. The fraction of sp³-hybridized carbons (Fsp3) is 0. The van der Waals surface area contributed by atoms with Crippen LogP contribution >= 0.6 is 22.6 Å². The second-order valence-electron chi connectivity index (χ2n) is 7.20. The third-order valence-electron chi connectivity index (χ3n) is 5.32. The van der Waals surface area contributed by atoms with E-state index in [4.69, 9.17) is 0 Å². The molecule has 5 rings (SSSR count). The molecule has 0 saturated heterocycles. The van der Waals surface area contributed by atoms with Crippen molar-refractivity contribution in [2.75, 3.05) is 0 Å². The van der Waals surface area contributed by atoms with Gasteiger partial charge >= 0.3 is 0 Å². The molecule has 0 saturated carbocycles. The largest absolute Gasteiger partial charge is 0.0622 e. The summed E-state index contributed by atoms with van der Waals surface area (Å²) >= 11 is 2.42. The quantitative estimate of drug-likeness (QED) is 0.226. The second-order valence-corrected chi connectivity index (χ2v) is 8.44. The van der Waals surface area contributed by atoms with Gasteiger partial charge in [-0.25, -0.2) is 0 Å². The highest BCUT2D eigenvalue weighted by atomic mass is 127. The molecule has 0 bridgehead atoms. The van der Waals surface area contributed by atoms with Gasteiger partial charge in [-0.2, -0.15) is 0 Å². The maximum atomic E-state index is 2.42. The summed E-state index contributed by atoms with van der Waals surface area (Å²) in [6, 6.07) is 41.4. The second kappa shape index (κ2) is 7.84. The van der Waals surface area contributed by atoms with Gasteiger partial charge in [-0.05, 0) is 84.9 Å². The zero-order valence-electron chi connectivity index (χ0n) is 15.8.